The van der Waals surface area contributed by atoms with Crippen molar-refractivity contribution >= 4 is 5.91 Å². The lowest BCUT2D eigenvalue weighted by Gasteiger charge is -2.40. The standard InChI is InChI=1S/C65H127NO8/c1-3-5-7-9-11-13-15-17-19-21-23-24-25-26-27-28-29-30-31-32-33-34-35-36-37-39-41-43-45-47-49-51-53-55-61(69)66-58(57-73-65-64(72)63(71)62(70)60(56-67)74-65)59(68)54-52-50-48-46-44-42-40-38-22-20-18-16-14-12-10-8-6-4-2/h21,23,58-60,62-65,67-68,70-72H,3-20,22,24-57H2,1-2H3,(H,66,69)/b23-21-. The average Bonchev–Trinajstić information content (AvgIpc) is 3.40. The fourth-order valence-electron chi connectivity index (χ4n) is 10.9. The normalized spacial score (nSPS) is 18.9. The van der Waals surface area contributed by atoms with Gasteiger partial charge in [0.15, 0.2) is 6.29 Å². The van der Waals surface area contributed by atoms with E-state index in [0.29, 0.717) is 12.8 Å². The van der Waals surface area contributed by atoms with Crippen molar-refractivity contribution in [1.82, 2.24) is 5.32 Å². The number of aliphatic hydroxyl groups is 5. The number of allylic oxidation sites excluding steroid dienone is 2. The zero-order valence-corrected chi connectivity index (χ0v) is 49.1. The van der Waals surface area contributed by atoms with E-state index in [4.69, 9.17) is 9.47 Å². The van der Waals surface area contributed by atoms with Crippen molar-refractivity contribution in [3.63, 3.8) is 0 Å². The highest BCUT2D eigenvalue weighted by molar-refractivity contribution is 5.76. The number of hydrogen-bond donors (Lipinski definition) is 6. The first kappa shape index (κ1) is 70.9. The molecule has 1 fully saturated rings. The van der Waals surface area contributed by atoms with Crippen molar-refractivity contribution in [3.05, 3.63) is 12.2 Å². The molecule has 1 heterocycles. The second-order valence-corrected chi connectivity index (χ2v) is 23.3. The lowest BCUT2D eigenvalue weighted by atomic mass is 9.99. The Balaban J connectivity index is 2.08. The van der Waals surface area contributed by atoms with Crippen LogP contribution < -0.4 is 5.32 Å². The van der Waals surface area contributed by atoms with Crippen LogP contribution in [0.2, 0.25) is 0 Å². The summed E-state index contributed by atoms with van der Waals surface area (Å²) in [5.74, 6) is -0.136. The van der Waals surface area contributed by atoms with Crippen molar-refractivity contribution < 1.29 is 39.8 Å². The van der Waals surface area contributed by atoms with Crippen LogP contribution in [0.25, 0.3) is 0 Å². The molecule has 1 aliphatic rings. The molecule has 0 aromatic heterocycles. The molecule has 9 nitrogen and oxygen atoms in total. The SMILES string of the molecule is CCCCCCCCCC/C=C\CCCCCCCCCCCCCCCCCCCCCCCC(=O)NC(COC1OC(CO)C(O)C(O)C1O)C(O)CCCCCCCCCCCCCCCCCCCC. The Morgan fingerprint density at radius 1 is 0.446 bits per heavy atom. The molecule has 7 unspecified atom stereocenters. The van der Waals surface area contributed by atoms with Gasteiger partial charge in [-0.15, -0.1) is 0 Å². The lowest BCUT2D eigenvalue weighted by Crippen LogP contribution is -2.60. The van der Waals surface area contributed by atoms with Gasteiger partial charge in [-0.25, -0.2) is 0 Å². The number of unbranched alkanes of at least 4 members (excludes halogenated alkanes) is 46. The third-order valence-electron chi connectivity index (χ3n) is 16.1. The molecular weight excluding hydrogens is 923 g/mol. The molecule has 9 heteroatoms. The van der Waals surface area contributed by atoms with E-state index in [0.717, 1.165) is 38.5 Å². The molecule has 0 radical (unpaired) electrons. The van der Waals surface area contributed by atoms with Gasteiger partial charge in [0, 0.05) is 6.42 Å². The Bertz CT molecular complexity index is 1170. The van der Waals surface area contributed by atoms with E-state index < -0.39 is 49.5 Å². The zero-order valence-electron chi connectivity index (χ0n) is 49.1. The van der Waals surface area contributed by atoms with Gasteiger partial charge in [0.2, 0.25) is 5.91 Å². The summed E-state index contributed by atoms with van der Waals surface area (Å²) in [4.78, 5) is 13.1. The fourth-order valence-corrected chi connectivity index (χ4v) is 10.9. The van der Waals surface area contributed by atoms with E-state index in [1.165, 1.54) is 276 Å². The van der Waals surface area contributed by atoms with Crippen LogP contribution in [0.5, 0.6) is 0 Å². The third kappa shape index (κ3) is 43.9. The zero-order chi connectivity index (χ0) is 53.6. The van der Waals surface area contributed by atoms with E-state index in [2.05, 4.69) is 31.3 Å². The van der Waals surface area contributed by atoms with Gasteiger partial charge < -0.3 is 40.3 Å². The highest BCUT2D eigenvalue weighted by Crippen LogP contribution is 2.24. The summed E-state index contributed by atoms with van der Waals surface area (Å²) in [5.41, 5.74) is 0. The van der Waals surface area contributed by atoms with Crippen LogP contribution in [0.1, 0.15) is 341 Å². The van der Waals surface area contributed by atoms with Crippen molar-refractivity contribution in [1.29, 1.82) is 0 Å². The number of carbonyl (C=O) groups is 1. The highest BCUT2D eigenvalue weighted by atomic mass is 16.7. The summed E-state index contributed by atoms with van der Waals surface area (Å²) in [5, 5.41) is 54.8. The molecule has 1 rings (SSSR count). The first-order valence-corrected chi connectivity index (χ1v) is 32.9. The molecule has 1 saturated heterocycles. The monoisotopic (exact) mass is 1050 g/mol. The molecule has 0 aromatic carbocycles. The van der Waals surface area contributed by atoms with E-state index in [-0.39, 0.29) is 12.5 Å². The van der Waals surface area contributed by atoms with Crippen molar-refractivity contribution in [3.8, 4) is 0 Å². The topological polar surface area (TPSA) is 149 Å². The molecule has 0 aliphatic carbocycles. The maximum atomic E-state index is 13.1. The van der Waals surface area contributed by atoms with Crippen molar-refractivity contribution in [2.45, 2.75) is 384 Å². The Morgan fingerprint density at radius 2 is 0.757 bits per heavy atom. The summed E-state index contributed by atoms with van der Waals surface area (Å²) >= 11 is 0. The van der Waals surface area contributed by atoms with Gasteiger partial charge in [0.1, 0.15) is 24.4 Å². The molecule has 1 amide bonds. The summed E-state index contributed by atoms with van der Waals surface area (Å²) in [6.07, 6.45) is 62.7. The van der Waals surface area contributed by atoms with Gasteiger partial charge >= 0.3 is 0 Å². The summed E-state index contributed by atoms with van der Waals surface area (Å²) in [7, 11) is 0. The quantitative estimate of drug-likeness (QED) is 0.0261. The molecule has 0 bridgehead atoms. The van der Waals surface area contributed by atoms with Gasteiger partial charge in [-0.1, -0.05) is 309 Å². The minimum absolute atomic E-state index is 0.132. The number of rotatable bonds is 58. The van der Waals surface area contributed by atoms with Gasteiger partial charge in [-0.2, -0.15) is 0 Å². The van der Waals surface area contributed by atoms with Crippen LogP contribution in [-0.2, 0) is 14.3 Å². The minimum atomic E-state index is -1.55. The molecule has 1 aliphatic heterocycles. The molecule has 440 valence electrons. The Kier molecular flexibility index (Phi) is 53.0. The second kappa shape index (κ2) is 55.3. The highest BCUT2D eigenvalue weighted by Gasteiger charge is 2.44. The van der Waals surface area contributed by atoms with E-state index in [1.54, 1.807) is 0 Å². The molecule has 7 atom stereocenters. The molecule has 0 spiro atoms. The molecular formula is C65H127NO8. The molecule has 6 N–H and O–H groups in total. The van der Waals surface area contributed by atoms with E-state index in [9.17, 15) is 30.3 Å². The number of nitrogens with one attached hydrogen (secondary N) is 1. The van der Waals surface area contributed by atoms with Gasteiger partial charge in [-0.3, -0.25) is 4.79 Å². The first-order valence-electron chi connectivity index (χ1n) is 32.9. The maximum Gasteiger partial charge on any atom is 0.220 e. The summed E-state index contributed by atoms with van der Waals surface area (Å²) in [6, 6.07) is -0.715. The Morgan fingerprint density at radius 3 is 1.09 bits per heavy atom. The number of ether oxygens (including phenoxy) is 2. The van der Waals surface area contributed by atoms with Crippen LogP contribution in [0.4, 0.5) is 0 Å². The molecule has 0 saturated carbocycles. The predicted molar refractivity (Wildman–Crippen MR) is 314 cm³/mol. The van der Waals surface area contributed by atoms with Crippen molar-refractivity contribution in [2.24, 2.45) is 0 Å². The summed E-state index contributed by atoms with van der Waals surface area (Å²) < 4.78 is 11.3. The first-order chi connectivity index (χ1) is 36.3. The number of hydrogen-bond acceptors (Lipinski definition) is 8. The van der Waals surface area contributed by atoms with E-state index >= 15 is 0 Å². The minimum Gasteiger partial charge on any atom is -0.394 e. The molecule has 0 aromatic rings. The average molecular weight is 1050 g/mol. The smallest absolute Gasteiger partial charge is 0.220 e. The maximum absolute atomic E-state index is 13.1. The summed E-state index contributed by atoms with van der Waals surface area (Å²) in [6.45, 7) is 3.89. The van der Waals surface area contributed by atoms with E-state index in [1.807, 2.05) is 0 Å². The van der Waals surface area contributed by atoms with Crippen LogP contribution in [0, 0.1) is 0 Å². The van der Waals surface area contributed by atoms with Crippen LogP contribution in [0.15, 0.2) is 12.2 Å². The number of aliphatic hydroxyl groups excluding tert-OH is 5. The van der Waals surface area contributed by atoms with Gasteiger partial charge in [0.05, 0.1) is 25.4 Å². The van der Waals surface area contributed by atoms with Gasteiger partial charge in [0.25, 0.3) is 0 Å². The Hall–Kier alpha value is -1.07. The lowest BCUT2D eigenvalue weighted by molar-refractivity contribution is -0.302. The number of amides is 1. The second-order valence-electron chi connectivity index (χ2n) is 23.3. The Labute approximate surface area is 458 Å². The molecule has 74 heavy (non-hydrogen) atoms. The number of carbonyl (C=O) groups excluding carboxylic acids is 1. The fraction of sp³-hybridized carbons (Fsp3) is 0.954. The van der Waals surface area contributed by atoms with Crippen LogP contribution in [0.3, 0.4) is 0 Å². The van der Waals surface area contributed by atoms with Crippen LogP contribution >= 0.6 is 0 Å². The predicted octanol–water partition coefficient (Wildman–Crippen LogP) is 17.1. The third-order valence-corrected chi connectivity index (χ3v) is 16.1. The van der Waals surface area contributed by atoms with Crippen LogP contribution in [-0.4, -0.2) is 87.5 Å². The van der Waals surface area contributed by atoms with Crippen molar-refractivity contribution in [2.75, 3.05) is 13.2 Å². The van der Waals surface area contributed by atoms with Gasteiger partial charge in [-0.05, 0) is 38.5 Å². The largest absolute Gasteiger partial charge is 0.394 e.